The zero-order valence-electron chi connectivity index (χ0n) is 13.2. The third-order valence-electron chi connectivity index (χ3n) is 3.83. The van der Waals surface area contributed by atoms with Gasteiger partial charge in [0.25, 0.3) is 5.91 Å². The van der Waals surface area contributed by atoms with E-state index in [2.05, 4.69) is 10.5 Å². The largest absolute Gasteiger partial charge is 0.482 e. The van der Waals surface area contributed by atoms with Crippen molar-refractivity contribution in [2.75, 3.05) is 6.61 Å². The molecule has 0 bridgehead atoms. The lowest BCUT2D eigenvalue weighted by Crippen LogP contribution is -2.26. The van der Waals surface area contributed by atoms with Crippen LogP contribution in [0.3, 0.4) is 0 Å². The molecule has 126 valence electrons. The van der Waals surface area contributed by atoms with Gasteiger partial charge in [-0.25, -0.2) is 4.79 Å². The monoisotopic (exact) mass is 330 g/mol. The summed E-state index contributed by atoms with van der Waals surface area (Å²) in [5.74, 6) is 0.329. The Morgan fingerprint density at radius 3 is 2.71 bits per heavy atom. The number of carboxylic acids is 1. The van der Waals surface area contributed by atoms with Crippen molar-refractivity contribution >= 4 is 11.9 Å². The number of hydrogen-bond donors (Lipinski definition) is 2. The molecule has 1 aliphatic rings. The molecule has 1 unspecified atom stereocenters. The Morgan fingerprint density at radius 2 is 2.08 bits per heavy atom. The number of carboxylic acid groups (broad SMARTS) is 1. The van der Waals surface area contributed by atoms with Gasteiger partial charge in [-0.15, -0.1) is 0 Å². The molecule has 3 rings (SSSR count). The molecule has 1 saturated carbocycles. The lowest BCUT2D eigenvalue weighted by molar-refractivity contribution is -0.139. The summed E-state index contributed by atoms with van der Waals surface area (Å²) in [4.78, 5) is 22.7. The van der Waals surface area contributed by atoms with Gasteiger partial charge < -0.3 is 19.7 Å². The van der Waals surface area contributed by atoms with Gasteiger partial charge in [0.05, 0.1) is 6.04 Å². The van der Waals surface area contributed by atoms with Gasteiger partial charge in [-0.1, -0.05) is 17.3 Å². The number of benzene rings is 1. The van der Waals surface area contributed by atoms with Gasteiger partial charge in [0.1, 0.15) is 11.5 Å². The minimum atomic E-state index is -1.03. The first-order valence-corrected chi connectivity index (χ1v) is 7.75. The van der Waals surface area contributed by atoms with E-state index in [9.17, 15) is 9.59 Å². The number of carbonyl (C=O) groups is 2. The molecule has 0 radical (unpaired) electrons. The summed E-state index contributed by atoms with van der Waals surface area (Å²) in [6, 6.07) is 8.36. The van der Waals surface area contributed by atoms with Crippen LogP contribution in [0.15, 0.2) is 34.9 Å². The summed E-state index contributed by atoms with van der Waals surface area (Å²) in [5.41, 5.74) is 1.15. The Labute approximate surface area is 138 Å². The maximum atomic E-state index is 12.2. The maximum Gasteiger partial charge on any atom is 0.341 e. The fraction of sp³-hybridized carbons (Fsp3) is 0.353. The molecular formula is C17H18N2O5. The van der Waals surface area contributed by atoms with Crippen LogP contribution in [0.4, 0.5) is 0 Å². The summed E-state index contributed by atoms with van der Waals surface area (Å²) < 4.78 is 10.3. The molecule has 2 aromatic rings. The van der Waals surface area contributed by atoms with Crippen LogP contribution in [0.5, 0.6) is 5.75 Å². The molecule has 7 heteroatoms. The Bertz CT molecular complexity index is 734. The van der Waals surface area contributed by atoms with Gasteiger partial charge in [-0.3, -0.25) is 4.79 Å². The lowest BCUT2D eigenvalue weighted by atomic mass is 10.1. The first kappa shape index (κ1) is 16.0. The molecule has 1 atom stereocenters. The van der Waals surface area contributed by atoms with Crippen LogP contribution in [-0.4, -0.2) is 28.7 Å². The normalized spacial score (nSPS) is 14.9. The molecule has 1 aliphatic carbocycles. The highest BCUT2D eigenvalue weighted by molar-refractivity contribution is 5.92. The fourth-order valence-corrected chi connectivity index (χ4v) is 2.31. The summed E-state index contributed by atoms with van der Waals surface area (Å²) in [5, 5.41) is 15.3. The predicted molar refractivity (Wildman–Crippen MR) is 83.9 cm³/mol. The molecule has 2 N–H and O–H groups in total. The molecule has 1 amide bonds. The number of carbonyl (C=O) groups excluding carboxylic acids is 1. The Morgan fingerprint density at radius 1 is 1.38 bits per heavy atom. The first-order valence-electron chi connectivity index (χ1n) is 7.75. The van der Waals surface area contributed by atoms with Crippen LogP contribution in [0.25, 0.3) is 0 Å². The highest BCUT2D eigenvalue weighted by Crippen LogP contribution is 2.40. The van der Waals surface area contributed by atoms with Crippen molar-refractivity contribution in [2.24, 2.45) is 0 Å². The fourth-order valence-electron chi connectivity index (χ4n) is 2.31. The zero-order chi connectivity index (χ0) is 17.1. The number of aromatic nitrogens is 1. The van der Waals surface area contributed by atoms with E-state index in [0.717, 1.165) is 24.2 Å². The zero-order valence-corrected chi connectivity index (χ0v) is 13.2. The van der Waals surface area contributed by atoms with E-state index < -0.39 is 5.97 Å². The second-order valence-electron chi connectivity index (χ2n) is 5.84. The van der Waals surface area contributed by atoms with Crippen LogP contribution in [0.1, 0.15) is 53.5 Å². The van der Waals surface area contributed by atoms with Gasteiger partial charge in [-0.05, 0) is 37.5 Å². The van der Waals surface area contributed by atoms with Gasteiger partial charge in [0, 0.05) is 12.0 Å². The van der Waals surface area contributed by atoms with E-state index in [1.54, 1.807) is 30.3 Å². The molecule has 0 saturated heterocycles. The maximum absolute atomic E-state index is 12.2. The van der Waals surface area contributed by atoms with E-state index in [0.29, 0.717) is 11.7 Å². The van der Waals surface area contributed by atoms with E-state index >= 15 is 0 Å². The van der Waals surface area contributed by atoms with E-state index in [1.807, 2.05) is 6.92 Å². The number of aliphatic carboxylic acids is 1. The number of hydrogen-bond acceptors (Lipinski definition) is 5. The van der Waals surface area contributed by atoms with E-state index in [-0.39, 0.29) is 24.2 Å². The molecule has 1 fully saturated rings. The molecule has 1 aromatic carbocycles. The lowest BCUT2D eigenvalue weighted by Gasteiger charge is -2.14. The third-order valence-corrected chi connectivity index (χ3v) is 3.83. The average molecular weight is 330 g/mol. The Kier molecular flexibility index (Phi) is 4.50. The standard InChI is InChI=1S/C17H18N2O5/c1-10(11-4-6-13(7-5-11)23-9-16(20)21)18-17(22)14-8-15(24-19-14)12-2-3-12/h4-8,10,12H,2-3,9H2,1H3,(H,18,22)(H,20,21). The minimum Gasteiger partial charge on any atom is -0.482 e. The number of amides is 1. The summed E-state index contributed by atoms with van der Waals surface area (Å²) in [6.45, 7) is 1.47. The molecule has 1 heterocycles. The van der Waals surface area contributed by atoms with Gasteiger partial charge in [0.2, 0.25) is 0 Å². The van der Waals surface area contributed by atoms with Gasteiger partial charge >= 0.3 is 5.97 Å². The summed E-state index contributed by atoms with van der Waals surface area (Å²) in [6.07, 6.45) is 2.17. The second kappa shape index (κ2) is 6.74. The van der Waals surface area contributed by atoms with Crippen LogP contribution < -0.4 is 10.1 Å². The average Bonchev–Trinajstić information content (AvgIpc) is 3.30. The second-order valence-corrected chi connectivity index (χ2v) is 5.84. The van der Waals surface area contributed by atoms with Crippen molar-refractivity contribution in [1.29, 1.82) is 0 Å². The SMILES string of the molecule is CC(NC(=O)c1cc(C2CC2)on1)c1ccc(OCC(=O)O)cc1. The Balaban J connectivity index is 1.57. The molecule has 0 spiro atoms. The van der Waals surface area contributed by atoms with Crippen LogP contribution >= 0.6 is 0 Å². The molecule has 24 heavy (non-hydrogen) atoms. The quantitative estimate of drug-likeness (QED) is 0.809. The van der Waals surface area contributed by atoms with Crippen molar-refractivity contribution in [3.63, 3.8) is 0 Å². The van der Waals surface area contributed by atoms with Crippen molar-refractivity contribution < 1.29 is 24.0 Å². The third kappa shape index (κ3) is 3.92. The molecule has 1 aromatic heterocycles. The van der Waals surface area contributed by atoms with Crippen molar-refractivity contribution in [2.45, 2.75) is 31.7 Å². The van der Waals surface area contributed by atoms with Gasteiger partial charge in [-0.2, -0.15) is 0 Å². The number of rotatable bonds is 7. The highest BCUT2D eigenvalue weighted by Gasteiger charge is 2.29. The van der Waals surface area contributed by atoms with E-state index in [1.165, 1.54) is 0 Å². The topological polar surface area (TPSA) is 102 Å². The predicted octanol–water partition coefficient (Wildman–Crippen LogP) is 2.51. The highest BCUT2D eigenvalue weighted by atomic mass is 16.5. The van der Waals surface area contributed by atoms with E-state index in [4.69, 9.17) is 14.4 Å². The molecule has 0 aliphatic heterocycles. The molecule has 7 nitrogen and oxygen atoms in total. The van der Waals surface area contributed by atoms with Crippen LogP contribution in [0.2, 0.25) is 0 Å². The summed E-state index contributed by atoms with van der Waals surface area (Å²) >= 11 is 0. The van der Waals surface area contributed by atoms with Crippen molar-refractivity contribution in [3.05, 3.63) is 47.3 Å². The smallest absolute Gasteiger partial charge is 0.341 e. The van der Waals surface area contributed by atoms with Crippen molar-refractivity contribution in [1.82, 2.24) is 10.5 Å². The van der Waals surface area contributed by atoms with Crippen LogP contribution in [0, 0.1) is 0 Å². The van der Waals surface area contributed by atoms with Crippen molar-refractivity contribution in [3.8, 4) is 5.75 Å². The number of ether oxygens (including phenoxy) is 1. The molecular weight excluding hydrogens is 312 g/mol. The first-order chi connectivity index (χ1) is 11.5. The Hall–Kier alpha value is -2.83. The summed E-state index contributed by atoms with van der Waals surface area (Å²) in [7, 11) is 0. The van der Waals surface area contributed by atoms with Gasteiger partial charge in [0.15, 0.2) is 12.3 Å². The minimum absolute atomic E-state index is 0.230. The van der Waals surface area contributed by atoms with Crippen LogP contribution in [-0.2, 0) is 4.79 Å². The number of nitrogens with one attached hydrogen (secondary N) is 1. The number of nitrogens with zero attached hydrogens (tertiary/aromatic N) is 1.